The summed E-state index contributed by atoms with van der Waals surface area (Å²) in [6, 6.07) is 4.60. The van der Waals surface area contributed by atoms with Crippen molar-refractivity contribution in [2.45, 2.75) is 17.1 Å². The fourth-order valence-electron chi connectivity index (χ4n) is 2.80. The zero-order chi connectivity index (χ0) is 22.9. The van der Waals surface area contributed by atoms with Gasteiger partial charge in [-0.25, -0.2) is 9.55 Å². The van der Waals surface area contributed by atoms with Gasteiger partial charge in [-0.1, -0.05) is 29.1 Å². The summed E-state index contributed by atoms with van der Waals surface area (Å²) in [5.41, 5.74) is -1.10. The number of nitrogens with one attached hydrogen (secondary N) is 1. The molecule has 0 bridgehead atoms. The van der Waals surface area contributed by atoms with E-state index in [0.29, 0.717) is 5.56 Å². The molecule has 0 aliphatic heterocycles. The zero-order valence-corrected chi connectivity index (χ0v) is 16.6. The molecule has 0 atom stereocenters. The fraction of sp³-hybridized carbons (Fsp3) is 0.111. The number of aromatic nitrogens is 6. The van der Waals surface area contributed by atoms with Gasteiger partial charge in [0.2, 0.25) is 0 Å². The second-order valence-electron chi connectivity index (χ2n) is 6.36. The number of H-pyrrole nitrogens is 1. The van der Waals surface area contributed by atoms with Gasteiger partial charge in [0.1, 0.15) is 0 Å². The Morgan fingerprint density at radius 2 is 1.94 bits per heavy atom. The summed E-state index contributed by atoms with van der Waals surface area (Å²) in [5, 5.41) is 20.1. The molecule has 3 heterocycles. The standard InChI is InChI=1S/C18H12F3N7O3S/c19-18(20,21)12-3-1-10(2-4-12)9-32-17-26-28-15(11(5-24-28)6-25-31)16(30)27(17)13-7-23-14(29)8-22-13/h1-8,31H,9H2,(H,23,29)/b25-6+. The molecular formula is C18H12F3N7O3S. The smallest absolute Gasteiger partial charge is 0.411 e. The van der Waals surface area contributed by atoms with E-state index in [4.69, 9.17) is 5.21 Å². The van der Waals surface area contributed by atoms with Gasteiger partial charge in [-0.2, -0.15) is 18.3 Å². The average Bonchev–Trinajstić information content (AvgIpc) is 3.16. The second-order valence-corrected chi connectivity index (χ2v) is 7.30. The van der Waals surface area contributed by atoms with E-state index in [1.54, 1.807) is 0 Å². The first kappa shape index (κ1) is 21.3. The van der Waals surface area contributed by atoms with Gasteiger partial charge in [-0.05, 0) is 17.7 Å². The summed E-state index contributed by atoms with van der Waals surface area (Å²) in [7, 11) is 0. The molecule has 0 amide bonds. The van der Waals surface area contributed by atoms with Gasteiger partial charge < -0.3 is 10.2 Å². The Bertz CT molecular complexity index is 1400. The first-order valence-electron chi connectivity index (χ1n) is 8.80. The van der Waals surface area contributed by atoms with E-state index < -0.39 is 22.9 Å². The second kappa shape index (κ2) is 8.30. The van der Waals surface area contributed by atoms with Crippen LogP contribution < -0.4 is 11.1 Å². The third-order valence-corrected chi connectivity index (χ3v) is 5.29. The summed E-state index contributed by atoms with van der Waals surface area (Å²) in [4.78, 5) is 31.0. The summed E-state index contributed by atoms with van der Waals surface area (Å²) >= 11 is 1.06. The molecule has 14 heteroatoms. The van der Waals surface area contributed by atoms with Crippen LogP contribution in [0.25, 0.3) is 11.3 Å². The van der Waals surface area contributed by atoms with Crippen molar-refractivity contribution in [3.05, 3.63) is 80.3 Å². The maximum atomic E-state index is 13.2. The number of benzene rings is 1. The van der Waals surface area contributed by atoms with Crippen molar-refractivity contribution < 1.29 is 18.4 Å². The highest BCUT2D eigenvalue weighted by molar-refractivity contribution is 7.98. The monoisotopic (exact) mass is 463 g/mol. The van der Waals surface area contributed by atoms with E-state index in [2.05, 4.69) is 25.3 Å². The van der Waals surface area contributed by atoms with E-state index in [1.807, 2.05) is 0 Å². The van der Waals surface area contributed by atoms with E-state index in [9.17, 15) is 22.8 Å². The number of halogens is 3. The predicted molar refractivity (Wildman–Crippen MR) is 107 cm³/mol. The van der Waals surface area contributed by atoms with Gasteiger partial charge in [-0.3, -0.25) is 9.59 Å². The lowest BCUT2D eigenvalue weighted by atomic mass is 10.1. The van der Waals surface area contributed by atoms with Gasteiger partial charge in [0.05, 0.1) is 24.2 Å². The average molecular weight is 463 g/mol. The molecule has 2 N–H and O–H groups in total. The Morgan fingerprint density at radius 3 is 2.56 bits per heavy atom. The molecule has 0 spiro atoms. The normalized spacial score (nSPS) is 12.1. The lowest BCUT2D eigenvalue weighted by molar-refractivity contribution is -0.137. The van der Waals surface area contributed by atoms with Crippen LogP contribution in [0.15, 0.2) is 62.8 Å². The minimum Gasteiger partial charge on any atom is -0.411 e. The Labute approximate surface area is 180 Å². The van der Waals surface area contributed by atoms with Gasteiger partial charge in [0.15, 0.2) is 16.5 Å². The van der Waals surface area contributed by atoms with Crippen molar-refractivity contribution in [1.29, 1.82) is 0 Å². The first-order chi connectivity index (χ1) is 15.3. The molecule has 4 aromatic rings. The largest absolute Gasteiger partial charge is 0.416 e. The van der Waals surface area contributed by atoms with Crippen LogP contribution in [0.1, 0.15) is 16.7 Å². The Morgan fingerprint density at radius 1 is 1.19 bits per heavy atom. The topological polar surface area (TPSA) is 131 Å². The van der Waals surface area contributed by atoms with Crippen LogP contribution in [-0.4, -0.2) is 40.8 Å². The third kappa shape index (κ3) is 4.12. The summed E-state index contributed by atoms with van der Waals surface area (Å²) in [6.45, 7) is 0. The van der Waals surface area contributed by atoms with Crippen LogP contribution in [0.3, 0.4) is 0 Å². The number of fused-ring (bicyclic) bond motifs is 1. The number of hydrogen-bond donors (Lipinski definition) is 2. The van der Waals surface area contributed by atoms with Gasteiger partial charge >= 0.3 is 6.18 Å². The summed E-state index contributed by atoms with van der Waals surface area (Å²) < 4.78 is 40.5. The number of oxime groups is 1. The maximum Gasteiger partial charge on any atom is 0.416 e. The number of rotatable bonds is 5. The van der Waals surface area contributed by atoms with Crippen molar-refractivity contribution in [3.8, 4) is 5.82 Å². The molecule has 0 saturated heterocycles. The van der Waals surface area contributed by atoms with Gasteiger partial charge in [0.25, 0.3) is 11.1 Å². The number of alkyl halides is 3. The highest BCUT2D eigenvalue weighted by atomic mass is 32.2. The molecule has 0 unspecified atom stereocenters. The molecule has 10 nitrogen and oxygen atoms in total. The Balaban J connectivity index is 1.77. The van der Waals surface area contributed by atoms with Crippen molar-refractivity contribution in [1.82, 2.24) is 29.4 Å². The first-order valence-corrected chi connectivity index (χ1v) is 9.79. The minimum atomic E-state index is -4.44. The van der Waals surface area contributed by atoms with Crippen molar-refractivity contribution in [2.24, 2.45) is 5.16 Å². The molecule has 0 aliphatic rings. The SMILES string of the molecule is O=c1cnc(-n2c(SCc3ccc(C(F)(F)F)cc3)nn3ncc(/C=N/O)c3c2=O)c[nH]1. The molecule has 164 valence electrons. The molecule has 4 rings (SSSR count). The number of nitrogens with zero attached hydrogens (tertiary/aromatic N) is 6. The van der Waals surface area contributed by atoms with Crippen LogP contribution >= 0.6 is 11.8 Å². The van der Waals surface area contributed by atoms with Crippen molar-refractivity contribution >= 4 is 23.5 Å². The maximum absolute atomic E-state index is 13.2. The van der Waals surface area contributed by atoms with Crippen molar-refractivity contribution in [3.63, 3.8) is 0 Å². The zero-order valence-electron chi connectivity index (χ0n) is 15.8. The number of thioether (sulfide) groups is 1. The predicted octanol–water partition coefficient (Wildman–Crippen LogP) is 2.08. The van der Waals surface area contributed by atoms with Gasteiger partial charge in [-0.15, -0.1) is 9.73 Å². The van der Waals surface area contributed by atoms with Crippen LogP contribution in [0, 0.1) is 0 Å². The summed E-state index contributed by atoms with van der Waals surface area (Å²) in [5.74, 6) is 0.249. The highest BCUT2D eigenvalue weighted by Crippen LogP contribution is 2.30. The minimum absolute atomic E-state index is 0.00493. The van der Waals surface area contributed by atoms with E-state index in [0.717, 1.165) is 45.5 Å². The lowest BCUT2D eigenvalue weighted by Gasteiger charge is -2.11. The third-order valence-electron chi connectivity index (χ3n) is 4.29. The summed E-state index contributed by atoms with van der Waals surface area (Å²) in [6.07, 6.45) is 0.0663. The molecule has 0 saturated carbocycles. The Hall–Kier alpha value is -3.94. The quantitative estimate of drug-likeness (QED) is 0.201. The van der Waals surface area contributed by atoms with Gasteiger partial charge in [0, 0.05) is 17.5 Å². The lowest BCUT2D eigenvalue weighted by Crippen LogP contribution is -2.26. The Kier molecular flexibility index (Phi) is 5.52. The molecule has 0 fully saturated rings. The van der Waals surface area contributed by atoms with Crippen LogP contribution in [-0.2, 0) is 11.9 Å². The fourth-order valence-corrected chi connectivity index (χ4v) is 3.73. The van der Waals surface area contributed by atoms with Crippen molar-refractivity contribution in [2.75, 3.05) is 0 Å². The molecule has 32 heavy (non-hydrogen) atoms. The van der Waals surface area contributed by atoms with E-state index >= 15 is 0 Å². The molecular weight excluding hydrogens is 451 g/mol. The van der Waals surface area contributed by atoms with Crippen LogP contribution in [0.2, 0.25) is 0 Å². The molecule has 0 radical (unpaired) electrons. The molecule has 3 aromatic heterocycles. The van der Waals surface area contributed by atoms with E-state index in [-0.39, 0.29) is 27.8 Å². The number of hydrogen-bond acceptors (Lipinski definition) is 8. The molecule has 1 aromatic carbocycles. The van der Waals surface area contributed by atoms with Crippen LogP contribution in [0.4, 0.5) is 13.2 Å². The molecule has 0 aliphatic carbocycles. The van der Waals surface area contributed by atoms with E-state index in [1.165, 1.54) is 24.5 Å². The highest BCUT2D eigenvalue weighted by Gasteiger charge is 2.30. The van der Waals surface area contributed by atoms with Crippen LogP contribution in [0.5, 0.6) is 0 Å². The number of aromatic amines is 1.